The van der Waals surface area contributed by atoms with Crippen LogP contribution in [0.4, 0.5) is 5.69 Å². The number of nitrogens with one attached hydrogen (secondary N) is 1. The van der Waals surface area contributed by atoms with Gasteiger partial charge in [-0.25, -0.2) is 4.98 Å². The average Bonchev–Trinajstić information content (AvgIpc) is 3.14. The Balaban J connectivity index is 1.69. The number of hydrogen-bond donors (Lipinski definition) is 1. The zero-order valence-electron chi connectivity index (χ0n) is 18.5. The van der Waals surface area contributed by atoms with Crippen molar-refractivity contribution in [2.75, 3.05) is 18.0 Å². The van der Waals surface area contributed by atoms with Crippen LogP contribution in [0.25, 0.3) is 11.0 Å². The summed E-state index contributed by atoms with van der Waals surface area (Å²) in [6.07, 6.45) is 4.25. The second-order valence-corrected chi connectivity index (χ2v) is 7.59. The van der Waals surface area contributed by atoms with Crippen LogP contribution in [0.3, 0.4) is 0 Å². The molecule has 2 amide bonds. The molecule has 0 fully saturated rings. The first-order valence-electron chi connectivity index (χ1n) is 11.2. The normalized spacial score (nSPS) is 10.9. The zero-order valence-corrected chi connectivity index (χ0v) is 18.5. The van der Waals surface area contributed by atoms with Crippen molar-refractivity contribution in [2.45, 2.75) is 52.5 Å². The van der Waals surface area contributed by atoms with E-state index in [1.807, 2.05) is 73.3 Å². The quantitative estimate of drug-likeness (QED) is 0.470. The van der Waals surface area contributed by atoms with E-state index in [-0.39, 0.29) is 18.4 Å². The number of aryl methyl sites for hydroxylation is 1. The number of amides is 2. The molecule has 1 heterocycles. The molecule has 3 aromatic rings. The van der Waals surface area contributed by atoms with Gasteiger partial charge in [-0.3, -0.25) is 9.59 Å². The summed E-state index contributed by atoms with van der Waals surface area (Å²) in [5.74, 6) is 1.09. The third-order valence-corrected chi connectivity index (χ3v) is 5.43. The molecule has 0 bridgehead atoms. The monoisotopic (exact) mass is 420 g/mol. The van der Waals surface area contributed by atoms with E-state index in [0.29, 0.717) is 19.5 Å². The van der Waals surface area contributed by atoms with Gasteiger partial charge < -0.3 is 14.8 Å². The minimum atomic E-state index is 0.0559. The van der Waals surface area contributed by atoms with Crippen LogP contribution in [0.15, 0.2) is 54.6 Å². The molecule has 0 aliphatic rings. The van der Waals surface area contributed by atoms with Crippen LogP contribution in [-0.2, 0) is 22.6 Å². The Morgan fingerprint density at radius 3 is 2.45 bits per heavy atom. The Morgan fingerprint density at radius 2 is 1.71 bits per heavy atom. The number of anilines is 1. The van der Waals surface area contributed by atoms with Gasteiger partial charge in [-0.2, -0.15) is 0 Å². The van der Waals surface area contributed by atoms with Gasteiger partial charge >= 0.3 is 0 Å². The van der Waals surface area contributed by atoms with Crippen LogP contribution in [0.2, 0.25) is 0 Å². The smallest absolute Gasteiger partial charge is 0.246 e. The molecule has 164 valence electrons. The Kier molecular flexibility index (Phi) is 8.21. The minimum absolute atomic E-state index is 0.0559. The van der Waals surface area contributed by atoms with E-state index in [0.717, 1.165) is 48.2 Å². The second kappa shape index (κ2) is 11.3. The van der Waals surface area contributed by atoms with Crippen LogP contribution in [0.5, 0.6) is 0 Å². The Hall–Kier alpha value is -3.15. The topological polar surface area (TPSA) is 67.2 Å². The van der Waals surface area contributed by atoms with E-state index in [1.54, 1.807) is 0 Å². The third kappa shape index (κ3) is 5.94. The van der Waals surface area contributed by atoms with Gasteiger partial charge in [-0.1, -0.05) is 43.7 Å². The number of para-hydroxylation sites is 3. The molecule has 0 radical (unpaired) electrons. The van der Waals surface area contributed by atoms with E-state index in [9.17, 15) is 9.59 Å². The maximum atomic E-state index is 13.2. The number of rotatable bonds is 11. The number of carbonyl (C=O) groups excluding carboxylic acids is 2. The van der Waals surface area contributed by atoms with Crippen molar-refractivity contribution in [1.29, 1.82) is 0 Å². The molecule has 1 N–H and O–H groups in total. The average molecular weight is 421 g/mol. The maximum absolute atomic E-state index is 13.2. The number of imidazole rings is 1. The van der Waals surface area contributed by atoms with Crippen molar-refractivity contribution < 1.29 is 9.59 Å². The maximum Gasteiger partial charge on any atom is 0.246 e. The predicted octanol–water partition coefficient (Wildman–Crippen LogP) is 4.33. The highest BCUT2D eigenvalue weighted by atomic mass is 16.2. The van der Waals surface area contributed by atoms with Crippen LogP contribution in [0.1, 0.15) is 45.4 Å². The fraction of sp³-hybridized carbons (Fsp3) is 0.400. The molecule has 0 atom stereocenters. The standard InChI is InChI=1S/C25H32N4O2/c1-3-24(30)26-18-12-6-9-17-23-27-21-15-10-11-16-22(21)29(23)19-25(31)28(4-2)20-13-7-5-8-14-20/h5,7-8,10-11,13-16H,3-4,6,9,12,17-19H2,1-2H3,(H,26,30). The van der Waals surface area contributed by atoms with Gasteiger partial charge in [0.05, 0.1) is 11.0 Å². The zero-order chi connectivity index (χ0) is 22.1. The first kappa shape index (κ1) is 22.5. The lowest BCUT2D eigenvalue weighted by Crippen LogP contribution is -2.34. The van der Waals surface area contributed by atoms with Gasteiger partial charge in [-0.15, -0.1) is 0 Å². The molecule has 31 heavy (non-hydrogen) atoms. The molecular formula is C25H32N4O2. The van der Waals surface area contributed by atoms with Crippen LogP contribution >= 0.6 is 0 Å². The molecular weight excluding hydrogens is 388 g/mol. The number of unbranched alkanes of at least 4 members (excludes halogenated alkanes) is 2. The van der Waals surface area contributed by atoms with E-state index >= 15 is 0 Å². The van der Waals surface area contributed by atoms with Gasteiger partial charge in [0, 0.05) is 31.6 Å². The SMILES string of the molecule is CCC(=O)NCCCCCc1nc2ccccc2n1CC(=O)N(CC)c1ccccc1. The summed E-state index contributed by atoms with van der Waals surface area (Å²) in [5.41, 5.74) is 2.82. The van der Waals surface area contributed by atoms with Gasteiger partial charge in [0.25, 0.3) is 0 Å². The molecule has 3 rings (SSSR count). The van der Waals surface area contributed by atoms with E-state index in [2.05, 4.69) is 9.88 Å². The summed E-state index contributed by atoms with van der Waals surface area (Å²) in [7, 11) is 0. The lowest BCUT2D eigenvalue weighted by atomic mass is 10.2. The van der Waals surface area contributed by atoms with Gasteiger partial charge in [0.1, 0.15) is 12.4 Å². The van der Waals surface area contributed by atoms with E-state index in [4.69, 9.17) is 4.98 Å². The summed E-state index contributed by atoms with van der Waals surface area (Å²) in [6, 6.07) is 17.8. The van der Waals surface area contributed by atoms with Crippen molar-refractivity contribution >= 4 is 28.5 Å². The second-order valence-electron chi connectivity index (χ2n) is 7.59. The molecule has 0 saturated carbocycles. The summed E-state index contributed by atoms with van der Waals surface area (Å²) < 4.78 is 2.06. The molecule has 0 aliphatic carbocycles. The van der Waals surface area contributed by atoms with Crippen molar-refractivity contribution in [2.24, 2.45) is 0 Å². The molecule has 0 saturated heterocycles. The van der Waals surface area contributed by atoms with E-state index < -0.39 is 0 Å². The minimum Gasteiger partial charge on any atom is -0.356 e. The largest absolute Gasteiger partial charge is 0.356 e. The third-order valence-electron chi connectivity index (χ3n) is 5.43. The van der Waals surface area contributed by atoms with Gasteiger partial charge in [-0.05, 0) is 44.0 Å². The lowest BCUT2D eigenvalue weighted by Gasteiger charge is -2.22. The Bertz CT molecular complexity index is 997. The number of benzene rings is 2. The summed E-state index contributed by atoms with van der Waals surface area (Å²) in [6.45, 7) is 5.46. The number of nitrogens with zero attached hydrogens (tertiary/aromatic N) is 3. The molecule has 6 heteroatoms. The van der Waals surface area contributed by atoms with Crippen LogP contribution in [-0.4, -0.2) is 34.5 Å². The highest BCUT2D eigenvalue weighted by Crippen LogP contribution is 2.20. The van der Waals surface area contributed by atoms with Crippen molar-refractivity contribution in [3.8, 4) is 0 Å². The van der Waals surface area contributed by atoms with Crippen molar-refractivity contribution in [3.63, 3.8) is 0 Å². The molecule has 0 unspecified atom stereocenters. The Morgan fingerprint density at radius 1 is 0.968 bits per heavy atom. The van der Waals surface area contributed by atoms with Crippen molar-refractivity contribution in [3.05, 3.63) is 60.4 Å². The summed E-state index contributed by atoms with van der Waals surface area (Å²) in [4.78, 5) is 31.1. The fourth-order valence-corrected chi connectivity index (χ4v) is 3.76. The first-order valence-corrected chi connectivity index (χ1v) is 11.2. The molecule has 6 nitrogen and oxygen atoms in total. The van der Waals surface area contributed by atoms with Gasteiger partial charge in [0.2, 0.25) is 11.8 Å². The number of hydrogen-bond acceptors (Lipinski definition) is 3. The first-order chi connectivity index (χ1) is 15.1. The van der Waals surface area contributed by atoms with Crippen LogP contribution < -0.4 is 10.2 Å². The van der Waals surface area contributed by atoms with Gasteiger partial charge in [0.15, 0.2) is 0 Å². The van der Waals surface area contributed by atoms with E-state index in [1.165, 1.54) is 0 Å². The number of carbonyl (C=O) groups is 2. The lowest BCUT2D eigenvalue weighted by molar-refractivity contribution is -0.121. The number of fused-ring (bicyclic) bond motifs is 1. The van der Waals surface area contributed by atoms with Crippen LogP contribution in [0, 0.1) is 0 Å². The molecule has 0 spiro atoms. The molecule has 0 aliphatic heterocycles. The predicted molar refractivity (Wildman–Crippen MR) is 125 cm³/mol. The molecule has 1 aromatic heterocycles. The summed E-state index contributed by atoms with van der Waals surface area (Å²) in [5, 5.41) is 2.91. The fourth-order valence-electron chi connectivity index (χ4n) is 3.76. The summed E-state index contributed by atoms with van der Waals surface area (Å²) >= 11 is 0. The highest BCUT2D eigenvalue weighted by Gasteiger charge is 2.18. The molecule has 2 aromatic carbocycles. The van der Waals surface area contributed by atoms with Crippen molar-refractivity contribution in [1.82, 2.24) is 14.9 Å². The number of aromatic nitrogens is 2. The number of likely N-dealkylation sites (N-methyl/N-ethyl adjacent to an activating group) is 1. The highest BCUT2D eigenvalue weighted by molar-refractivity contribution is 5.94. The Labute approximate surface area is 184 Å².